The maximum absolute atomic E-state index is 12.6. The van der Waals surface area contributed by atoms with Crippen molar-refractivity contribution in [1.82, 2.24) is 4.31 Å². The lowest BCUT2D eigenvalue weighted by atomic mass is 10.1. The number of aliphatic carboxylic acids is 1. The Kier molecular flexibility index (Phi) is 4.54. The molecule has 0 saturated carbocycles. The molecule has 1 fully saturated rings. The molecular formula is C12H14ClNO6S2. The van der Waals surface area contributed by atoms with Crippen molar-refractivity contribution in [2.75, 3.05) is 19.3 Å². The van der Waals surface area contributed by atoms with Gasteiger partial charge < -0.3 is 5.11 Å². The zero-order chi connectivity index (χ0) is 16.7. The van der Waals surface area contributed by atoms with E-state index in [-0.39, 0.29) is 34.3 Å². The summed E-state index contributed by atoms with van der Waals surface area (Å²) in [5.74, 6) is -1.83. The molecule has 1 heterocycles. The molecule has 1 atom stereocenters. The third kappa shape index (κ3) is 3.27. The van der Waals surface area contributed by atoms with E-state index in [1.807, 2.05) is 0 Å². The normalized spacial score (nSPS) is 20.2. The molecule has 1 aliphatic heterocycles. The highest BCUT2D eigenvalue weighted by molar-refractivity contribution is 7.91. The molecule has 1 aromatic carbocycles. The molecule has 10 heteroatoms. The van der Waals surface area contributed by atoms with Crippen LogP contribution in [0.5, 0.6) is 0 Å². The number of benzene rings is 1. The van der Waals surface area contributed by atoms with Crippen molar-refractivity contribution in [3.05, 3.63) is 23.2 Å². The molecular weight excluding hydrogens is 354 g/mol. The van der Waals surface area contributed by atoms with Crippen LogP contribution in [0.4, 0.5) is 0 Å². The maximum atomic E-state index is 12.6. The molecule has 1 unspecified atom stereocenters. The number of carbonyl (C=O) groups is 1. The Bertz CT molecular complexity index is 818. The van der Waals surface area contributed by atoms with Crippen LogP contribution in [-0.4, -0.2) is 51.6 Å². The number of hydrogen-bond donors (Lipinski definition) is 1. The summed E-state index contributed by atoms with van der Waals surface area (Å²) >= 11 is 5.89. The minimum atomic E-state index is -4.04. The van der Waals surface area contributed by atoms with Gasteiger partial charge in [-0.2, -0.15) is 4.31 Å². The van der Waals surface area contributed by atoms with Gasteiger partial charge in [0.05, 0.1) is 15.8 Å². The summed E-state index contributed by atoms with van der Waals surface area (Å²) in [6, 6.07) is 3.43. The Morgan fingerprint density at radius 2 is 1.95 bits per heavy atom. The van der Waals surface area contributed by atoms with Gasteiger partial charge in [-0.25, -0.2) is 16.8 Å². The highest BCUT2D eigenvalue weighted by Crippen LogP contribution is 2.30. The summed E-state index contributed by atoms with van der Waals surface area (Å²) < 4.78 is 49.2. The van der Waals surface area contributed by atoms with Gasteiger partial charge in [-0.1, -0.05) is 11.6 Å². The molecule has 1 aliphatic rings. The predicted molar refractivity (Wildman–Crippen MR) is 79.1 cm³/mol. The SMILES string of the molecule is CS(=O)(=O)c1ccc(Cl)c(S(=O)(=O)N2CCC(C(=O)O)C2)c1. The van der Waals surface area contributed by atoms with E-state index >= 15 is 0 Å². The number of hydrogen-bond acceptors (Lipinski definition) is 5. The molecule has 0 aliphatic carbocycles. The average molecular weight is 368 g/mol. The molecule has 1 saturated heterocycles. The fourth-order valence-corrected chi connectivity index (χ4v) is 4.92. The van der Waals surface area contributed by atoms with Gasteiger partial charge in [0.25, 0.3) is 0 Å². The highest BCUT2D eigenvalue weighted by atomic mass is 35.5. The fourth-order valence-electron chi connectivity index (χ4n) is 2.20. The van der Waals surface area contributed by atoms with E-state index in [1.54, 1.807) is 0 Å². The Hall–Kier alpha value is -1.16. The Balaban J connectivity index is 2.45. The second kappa shape index (κ2) is 5.80. The van der Waals surface area contributed by atoms with Crippen LogP contribution in [0.2, 0.25) is 5.02 Å². The first-order chi connectivity index (χ1) is 10.0. The van der Waals surface area contributed by atoms with E-state index in [0.29, 0.717) is 0 Å². The van der Waals surface area contributed by atoms with Crippen LogP contribution in [0, 0.1) is 5.92 Å². The number of sulfonamides is 1. The Morgan fingerprint density at radius 1 is 1.32 bits per heavy atom. The van der Waals surface area contributed by atoms with Crippen molar-refractivity contribution < 1.29 is 26.7 Å². The summed E-state index contributed by atoms with van der Waals surface area (Å²) in [6.45, 7) is -0.101. The standard InChI is InChI=1S/C12H14ClNO6S2/c1-21(17,18)9-2-3-10(13)11(6-9)22(19,20)14-5-4-8(7-14)12(15)16/h2-3,6,8H,4-5,7H2,1H3,(H,15,16). The first-order valence-electron chi connectivity index (χ1n) is 6.26. The zero-order valence-electron chi connectivity index (χ0n) is 11.6. The maximum Gasteiger partial charge on any atom is 0.307 e. The van der Waals surface area contributed by atoms with Crippen molar-refractivity contribution in [3.8, 4) is 0 Å². The number of carboxylic acid groups (broad SMARTS) is 1. The predicted octanol–water partition coefficient (Wildman–Crippen LogP) is 0.839. The third-order valence-corrected chi connectivity index (χ3v) is 6.91. The lowest BCUT2D eigenvalue weighted by molar-refractivity contribution is -0.141. The van der Waals surface area contributed by atoms with Crippen molar-refractivity contribution in [2.45, 2.75) is 16.2 Å². The van der Waals surface area contributed by atoms with Gasteiger partial charge in [0.1, 0.15) is 4.90 Å². The van der Waals surface area contributed by atoms with Gasteiger partial charge in [0.15, 0.2) is 9.84 Å². The number of nitrogens with zero attached hydrogens (tertiary/aromatic N) is 1. The van der Waals surface area contributed by atoms with Gasteiger partial charge in [-0.15, -0.1) is 0 Å². The van der Waals surface area contributed by atoms with Crippen LogP contribution in [0.1, 0.15) is 6.42 Å². The first-order valence-corrected chi connectivity index (χ1v) is 9.97. The Labute approximate surface area is 133 Å². The molecule has 0 amide bonds. The minimum Gasteiger partial charge on any atom is -0.481 e. The van der Waals surface area contributed by atoms with E-state index in [0.717, 1.165) is 16.6 Å². The van der Waals surface area contributed by atoms with E-state index in [4.69, 9.17) is 16.7 Å². The molecule has 0 aromatic heterocycles. The molecule has 0 radical (unpaired) electrons. The number of carboxylic acids is 1. The summed E-state index contributed by atoms with van der Waals surface area (Å²) in [6.07, 6.45) is 1.17. The van der Waals surface area contributed by atoms with Crippen LogP contribution >= 0.6 is 11.6 Å². The Morgan fingerprint density at radius 3 is 2.45 bits per heavy atom. The van der Waals surface area contributed by atoms with E-state index in [9.17, 15) is 21.6 Å². The minimum absolute atomic E-state index is 0.0543. The highest BCUT2D eigenvalue weighted by Gasteiger charge is 2.37. The lowest BCUT2D eigenvalue weighted by Crippen LogP contribution is -2.30. The van der Waals surface area contributed by atoms with Crippen LogP contribution in [-0.2, 0) is 24.7 Å². The van der Waals surface area contributed by atoms with Gasteiger partial charge in [0.2, 0.25) is 10.0 Å². The lowest BCUT2D eigenvalue weighted by Gasteiger charge is -2.17. The molecule has 0 bridgehead atoms. The van der Waals surface area contributed by atoms with Crippen molar-refractivity contribution >= 4 is 37.4 Å². The van der Waals surface area contributed by atoms with Crippen molar-refractivity contribution in [2.24, 2.45) is 5.92 Å². The van der Waals surface area contributed by atoms with Gasteiger partial charge >= 0.3 is 5.97 Å². The number of rotatable bonds is 4. The van der Waals surface area contributed by atoms with E-state index in [2.05, 4.69) is 0 Å². The zero-order valence-corrected chi connectivity index (χ0v) is 13.9. The van der Waals surface area contributed by atoms with Gasteiger partial charge in [-0.05, 0) is 24.6 Å². The van der Waals surface area contributed by atoms with Crippen molar-refractivity contribution in [1.29, 1.82) is 0 Å². The van der Waals surface area contributed by atoms with Crippen LogP contribution in [0.25, 0.3) is 0 Å². The molecule has 1 aromatic rings. The average Bonchev–Trinajstić information content (AvgIpc) is 2.87. The largest absolute Gasteiger partial charge is 0.481 e. The molecule has 1 N–H and O–H groups in total. The van der Waals surface area contributed by atoms with Crippen LogP contribution in [0.3, 0.4) is 0 Å². The first kappa shape index (κ1) is 17.2. The summed E-state index contributed by atoms with van der Waals surface area (Å²) in [5.41, 5.74) is 0. The summed E-state index contributed by atoms with van der Waals surface area (Å²) in [7, 11) is -7.63. The van der Waals surface area contributed by atoms with E-state index in [1.165, 1.54) is 12.1 Å². The molecule has 7 nitrogen and oxygen atoms in total. The number of sulfone groups is 1. The fraction of sp³-hybridized carbons (Fsp3) is 0.417. The topological polar surface area (TPSA) is 109 Å². The molecule has 122 valence electrons. The quantitative estimate of drug-likeness (QED) is 0.844. The monoisotopic (exact) mass is 367 g/mol. The smallest absolute Gasteiger partial charge is 0.307 e. The summed E-state index contributed by atoms with van der Waals surface area (Å²) in [4.78, 5) is 10.4. The van der Waals surface area contributed by atoms with Crippen molar-refractivity contribution in [3.63, 3.8) is 0 Å². The van der Waals surface area contributed by atoms with Crippen LogP contribution in [0.15, 0.2) is 28.0 Å². The molecule has 2 rings (SSSR count). The van der Waals surface area contributed by atoms with E-state index < -0.39 is 31.7 Å². The summed E-state index contributed by atoms with van der Waals surface area (Å²) in [5, 5.41) is 8.84. The second-order valence-electron chi connectivity index (χ2n) is 5.05. The van der Waals surface area contributed by atoms with Gasteiger partial charge in [-0.3, -0.25) is 4.79 Å². The molecule has 0 spiro atoms. The molecule has 22 heavy (non-hydrogen) atoms. The third-order valence-electron chi connectivity index (χ3n) is 3.45. The second-order valence-corrected chi connectivity index (χ2v) is 9.38. The van der Waals surface area contributed by atoms with Gasteiger partial charge in [0, 0.05) is 19.3 Å². The van der Waals surface area contributed by atoms with Crippen LogP contribution < -0.4 is 0 Å². The number of halogens is 1.